The van der Waals surface area contributed by atoms with E-state index in [9.17, 15) is 18.0 Å². The summed E-state index contributed by atoms with van der Waals surface area (Å²) in [6.07, 6.45) is 3.39. The lowest BCUT2D eigenvalue weighted by atomic mass is 9.93. The lowest BCUT2D eigenvalue weighted by Gasteiger charge is -2.37. The fourth-order valence-corrected chi connectivity index (χ4v) is 3.96. The van der Waals surface area contributed by atoms with Gasteiger partial charge < -0.3 is 4.90 Å². The highest BCUT2D eigenvalue weighted by atomic mass is 32.2. The molecule has 2 aliphatic rings. The number of urea groups is 1. The molecule has 2 heterocycles. The molecule has 7 nitrogen and oxygen atoms in total. The maximum atomic E-state index is 12.0. The Hall–Kier alpha value is -1.15. The van der Waals surface area contributed by atoms with Crippen LogP contribution in [-0.2, 0) is 14.8 Å². The number of nitrogens with one attached hydrogen (secondary N) is 1. The Kier molecular flexibility index (Phi) is 4.30. The fraction of sp³-hybridized carbons (Fsp3) is 0.846. The number of piperidine rings is 1. The van der Waals surface area contributed by atoms with E-state index in [1.807, 2.05) is 6.92 Å². The molecule has 0 bridgehead atoms. The second-order valence-corrected chi connectivity index (χ2v) is 8.11. The SMILES string of the molecule is CCC1(C)C(=O)NC(=O)N1CC1CCCN(S(C)(=O)=O)C1. The summed E-state index contributed by atoms with van der Waals surface area (Å²) >= 11 is 0. The van der Waals surface area contributed by atoms with Gasteiger partial charge in [-0.05, 0) is 32.1 Å². The van der Waals surface area contributed by atoms with Gasteiger partial charge in [0.1, 0.15) is 5.54 Å². The molecule has 0 aromatic heterocycles. The topological polar surface area (TPSA) is 86.8 Å². The average molecular weight is 317 g/mol. The first-order chi connectivity index (χ1) is 9.68. The van der Waals surface area contributed by atoms with E-state index in [0.717, 1.165) is 12.8 Å². The number of rotatable bonds is 4. The van der Waals surface area contributed by atoms with E-state index in [4.69, 9.17) is 0 Å². The van der Waals surface area contributed by atoms with Crippen LogP contribution in [0, 0.1) is 5.92 Å². The third kappa shape index (κ3) is 3.06. The van der Waals surface area contributed by atoms with E-state index < -0.39 is 15.6 Å². The van der Waals surface area contributed by atoms with Crippen molar-refractivity contribution in [1.29, 1.82) is 0 Å². The third-order valence-electron chi connectivity index (χ3n) is 4.63. The standard InChI is InChI=1S/C13H23N3O4S/c1-4-13(2)11(17)14-12(18)16(13)9-10-6-5-7-15(8-10)21(3,19)20/h10H,4-9H2,1-3H3,(H,14,17,18). The second kappa shape index (κ2) is 5.57. The molecule has 21 heavy (non-hydrogen) atoms. The van der Waals surface area contributed by atoms with Crippen molar-refractivity contribution < 1.29 is 18.0 Å². The number of carbonyl (C=O) groups is 2. The van der Waals surface area contributed by atoms with Crippen molar-refractivity contribution in [3.05, 3.63) is 0 Å². The molecule has 2 unspecified atom stereocenters. The normalized spacial score (nSPS) is 31.6. The smallest absolute Gasteiger partial charge is 0.310 e. The Bertz CT molecular complexity index is 548. The van der Waals surface area contributed by atoms with Crippen molar-refractivity contribution >= 4 is 22.0 Å². The van der Waals surface area contributed by atoms with Gasteiger partial charge in [0.2, 0.25) is 10.0 Å². The molecule has 0 aromatic rings. The minimum atomic E-state index is -3.20. The summed E-state index contributed by atoms with van der Waals surface area (Å²) in [6, 6.07) is -0.374. The molecule has 2 aliphatic heterocycles. The lowest BCUT2D eigenvalue weighted by molar-refractivity contribution is -0.126. The van der Waals surface area contributed by atoms with Crippen molar-refractivity contribution in [2.24, 2.45) is 5.92 Å². The summed E-state index contributed by atoms with van der Waals surface area (Å²) in [7, 11) is -3.20. The molecule has 0 aromatic carbocycles. The minimum absolute atomic E-state index is 0.0657. The first-order valence-corrected chi connectivity index (χ1v) is 9.11. The van der Waals surface area contributed by atoms with Gasteiger partial charge in [-0.25, -0.2) is 17.5 Å². The highest BCUT2D eigenvalue weighted by Gasteiger charge is 2.48. The van der Waals surface area contributed by atoms with Gasteiger partial charge in [0.05, 0.1) is 6.26 Å². The zero-order valence-corrected chi connectivity index (χ0v) is 13.6. The highest BCUT2D eigenvalue weighted by Crippen LogP contribution is 2.28. The predicted octanol–water partition coefficient (Wildman–Crippen LogP) is 0.379. The first-order valence-electron chi connectivity index (χ1n) is 7.26. The van der Waals surface area contributed by atoms with Crippen molar-refractivity contribution in [1.82, 2.24) is 14.5 Å². The number of hydrogen-bond donors (Lipinski definition) is 1. The van der Waals surface area contributed by atoms with E-state index in [1.54, 1.807) is 11.8 Å². The van der Waals surface area contributed by atoms with Crippen LogP contribution < -0.4 is 5.32 Å². The Morgan fingerprint density at radius 3 is 2.62 bits per heavy atom. The quantitative estimate of drug-likeness (QED) is 0.759. The number of sulfonamides is 1. The van der Waals surface area contributed by atoms with Crippen LogP contribution >= 0.6 is 0 Å². The Morgan fingerprint density at radius 1 is 1.38 bits per heavy atom. The van der Waals surface area contributed by atoms with Gasteiger partial charge in [-0.15, -0.1) is 0 Å². The molecular weight excluding hydrogens is 294 g/mol. The number of amides is 3. The maximum Gasteiger partial charge on any atom is 0.325 e. The molecule has 2 saturated heterocycles. The maximum absolute atomic E-state index is 12.0. The van der Waals surface area contributed by atoms with E-state index in [2.05, 4.69) is 5.32 Å². The minimum Gasteiger partial charge on any atom is -0.310 e. The lowest BCUT2D eigenvalue weighted by Crippen LogP contribution is -2.51. The summed E-state index contributed by atoms with van der Waals surface area (Å²) in [6.45, 7) is 4.98. The van der Waals surface area contributed by atoms with E-state index in [1.165, 1.54) is 10.6 Å². The van der Waals surface area contributed by atoms with Gasteiger partial charge in [-0.2, -0.15) is 0 Å². The van der Waals surface area contributed by atoms with Crippen LogP contribution in [0.5, 0.6) is 0 Å². The summed E-state index contributed by atoms with van der Waals surface area (Å²) in [5, 5.41) is 2.36. The summed E-state index contributed by atoms with van der Waals surface area (Å²) in [5.41, 5.74) is -0.829. The van der Waals surface area contributed by atoms with Crippen LogP contribution in [0.2, 0.25) is 0 Å². The number of nitrogens with zero attached hydrogens (tertiary/aromatic N) is 2. The molecular formula is C13H23N3O4S. The van der Waals surface area contributed by atoms with E-state index in [0.29, 0.717) is 26.1 Å². The van der Waals surface area contributed by atoms with Crippen LogP contribution in [-0.4, -0.2) is 61.0 Å². The number of hydrogen-bond acceptors (Lipinski definition) is 4. The molecule has 0 aliphatic carbocycles. The number of imide groups is 1. The van der Waals surface area contributed by atoms with Crippen molar-refractivity contribution in [2.45, 2.75) is 38.6 Å². The van der Waals surface area contributed by atoms with Gasteiger partial charge in [0, 0.05) is 19.6 Å². The van der Waals surface area contributed by atoms with E-state index >= 15 is 0 Å². The highest BCUT2D eigenvalue weighted by molar-refractivity contribution is 7.88. The zero-order valence-electron chi connectivity index (χ0n) is 12.8. The van der Waals surface area contributed by atoms with Gasteiger partial charge in [-0.3, -0.25) is 10.1 Å². The zero-order chi connectivity index (χ0) is 15.8. The van der Waals surface area contributed by atoms with Crippen LogP contribution in [0.3, 0.4) is 0 Å². The Labute approximate surface area is 125 Å². The largest absolute Gasteiger partial charge is 0.325 e. The van der Waals surface area contributed by atoms with Crippen LogP contribution in [0.4, 0.5) is 4.79 Å². The van der Waals surface area contributed by atoms with Crippen LogP contribution in [0.25, 0.3) is 0 Å². The Balaban J connectivity index is 2.10. The fourth-order valence-electron chi connectivity index (χ4n) is 3.02. The van der Waals surface area contributed by atoms with Crippen LogP contribution in [0.15, 0.2) is 0 Å². The molecule has 0 radical (unpaired) electrons. The molecule has 0 spiro atoms. The molecule has 2 fully saturated rings. The van der Waals surface area contributed by atoms with Gasteiger partial charge in [0.25, 0.3) is 5.91 Å². The first kappa shape index (κ1) is 16.2. The average Bonchev–Trinajstić information content (AvgIpc) is 2.62. The molecule has 2 atom stereocenters. The van der Waals surface area contributed by atoms with Crippen LogP contribution in [0.1, 0.15) is 33.1 Å². The van der Waals surface area contributed by atoms with Crippen molar-refractivity contribution in [3.8, 4) is 0 Å². The summed E-state index contributed by atoms with van der Waals surface area (Å²) < 4.78 is 24.8. The molecule has 120 valence electrons. The molecule has 2 rings (SSSR count). The Morgan fingerprint density at radius 2 is 2.05 bits per heavy atom. The molecule has 3 amide bonds. The molecule has 8 heteroatoms. The third-order valence-corrected chi connectivity index (χ3v) is 5.90. The number of carbonyl (C=O) groups excluding carboxylic acids is 2. The molecule has 1 N–H and O–H groups in total. The van der Waals surface area contributed by atoms with E-state index in [-0.39, 0.29) is 17.9 Å². The predicted molar refractivity (Wildman–Crippen MR) is 78.1 cm³/mol. The van der Waals surface area contributed by atoms with Crippen molar-refractivity contribution in [3.63, 3.8) is 0 Å². The summed E-state index contributed by atoms with van der Waals surface area (Å²) in [5.74, 6) is -0.207. The van der Waals surface area contributed by atoms with Gasteiger partial charge >= 0.3 is 6.03 Å². The molecule has 0 saturated carbocycles. The monoisotopic (exact) mass is 317 g/mol. The van der Waals surface area contributed by atoms with Gasteiger partial charge in [-0.1, -0.05) is 6.92 Å². The van der Waals surface area contributed by atoms with Gasteiger partial charge in [0.15, 0.2) is 0 Å². The summed E-state index contributed by atoms with van der Waals surface area (Å²) in [4.78, 5) is 25.5. The van der Waals surface area contributed by atoms with Crippen molar-refractivity contribution in [2.75, 3.05) is 25.9 Å². The second-order valence-electron chi connectivity index (χ2n) is 6.13.